The van der Waals surface area contributed by atoms with Gasteiger partial charge in [-0.15, -0.1) is 12.6 Å². The highest BCUT2D eigenvalue weighted by molar-refractivity contribution is 7.80. The zero-order chi connectivity index (χ0) is 25.2. The number of esters is 1. The van der Waals surface area contributed by atoms with Crippen LogP contribution in [0.15, 0.2) is 91.0 Å². The number of carbonyl (C=O) groups excluding carboxylic acids is 1. The molecule has 1 aliphatic rings. The first kappa shape index (κ1) is 26.4. The van der Waals surface area contributed by atoms with Gasteiger partial charge in [-0.25, -0.2) is 0 Å². The quantitative estimate of drug-likeness (QED) is 0.292. The molecule has 0 saturated carbocycles. The van der Waals surface area contributed by atoms with E-state index in [-0.39, 0.29) is 12.6 Å². The zero-order valence-corrected chi connectivity index (χ0v) is 21.2. The molecule has 0 unspecified atom stereocenters. The first-order valence-corrected chi connectivity index (χ1v) is 12.6. The lowest BCUT2D eigenvalue weighted by Crippen LogP contribution is -2.60. The summed E-state index contributed by atoms with van der Waals surface area (Å²) in [5.41, 5.74) is 2.47. The molecule has 1 aliphatic heterocycles. The van der Waals surface area contributed by atoms with Crippen LogP contribution in [0.25, 0.3) is 0 Å². The molecule has 0 aromatic heterocycles. The molecule has 3 aromatic carbocycles. The minimum absolute atomic E-state index is 0.0302. The highest BCUT2D eigenvalue weighted by Gasteiger charge is 2.47. The third kappa shape index (κ3) is 7.66. The number of rotatable bonds is 11. The van der Waals surface area contributed by atoms with Crippen molar-refractivity contribution >= 4 is 18.6 Å². The molecule has 5 atom stereocenters. The lowest BCUT2D eigenvalue weighted by Gasteiger charge is -2.44. The summed E-state index contributed by atoms with van der Waals surface area (Å²) in [7, 11) is 0. The summed E-state index contributed by atoms with van der Waals surface area (Å²) in [6, 6.07) is 29.7. The van der Waals surface area contributed by atoms with Gasteiger partial charge in [-0.1, -0.05) is 91.0 Å². The number of ether oxygens (including phenoxy) is 5. The molecule has 36 heavy (non-hydrogen) atoms. The Morgan fingerprint density at radius 1 is 0.694 bits per heavy atom. The molecule has 0 radical (unpaired) electrons. The average Bonchev–Trinajstić information content (AvgIpc) is 2.91. The Balaban J connectivity index is 1.57. The third-order valence-electron chi connectivity index (χ3n) is 5.92. The number of hydrogen-bond donors (Lipinski definition) is 1. The molecule has 4 rings (SSSR count). The molecule has 0 bridgehead atoms. The van der Waals surface area contributed by atoms with E-state index in [4.69, 9.17) is 36.3 Å². The van der Waals surface area contributed by atoms with E-state index in [9.17, 15) is 4.79 Å². The lowest BCUT2D eigenvalue weighted by atomic mass is 9.99. The summed E-state index contributed by atoms with van der Waals surface area (Å²) < 4.78 is 30.7. The minimum Gasteiger partial charge on any atom is -0.463 e. The van der Waals surface area contributed by atoms with Gasteiger partial charge in [0, 0.05) is 6.92 Å². The number of carbonyl (C=O) groups is 1. The second-order valence-corrected chi connectivity index (χ2v) is 9.16. The predicted octanol–water partition coefficient (Wildman–Crippen LogP) is 4.96. The summed E-state index contributed by atoms with van der Waals surface area (Å²) in [6.07, 6.45) is -2.17. The van der Waals surface area contributed by atoms with Gasteiger partial charge < -0.3 is 23.7 Å². The zero-order valence-electron chi connectivity index (χ0n) is 20.3. The van der Waals surface area contributed by atoms with E-state index in [0.29, 0.717) is 19.8 Å². The number of hydrogen-bond acceptors (Lipinski definition) is 7. The van der Waals surface area contributed by atoms with Crippen LogP contribution in [0.4, 0.5) is 0 Å². The van der Waals surface area contributed by atoms with Gasteiger partial charge >= 0.3 is 5.97 Å². The van der Waals surface area contributed by atoms with Crippen LogP contribution in [-0.2, 0) is 48.3 Å². The van der Waals surface area contributed by atoms with Gasteiger partial charge in [0.05, 0.1) is 19.8 Å². The van der Waals surface area contributed by atoms with Gasteiger partial charge in [-0.3, -0.25) is 4.79 Å². The van der Waals surface area contributed by atoms with E-state index in [1.807, 2.05) is 91.0 Å². The van der Waals surface area contributed by atoms with Crippen LogP contribution in [0, 0.1) is 0 Å². The highest BCUT2D eigenvalue weighted by atomic mass is 32.1. The van der Waals surface area contributed by atoms with E-state index >= 15 is 0 Å². The van der Waals surface area contributed by atoms with Gasteiger partial charge in [0.2, 0.25) is 0 Å². The van der Waals surface area contributed by atoms with Crippen LogP contribution in [-0.4, -0.2) is 42.4 Å². The molecule has 7 heteroatoms. The van der Waals surface area contributed by atoms with E-state index in [0.717, 1.165) is 16.7 Å². The maximum Gasteiger partial charge on any atom is 0.302 e. The minimum atomic E-state index is -0.605. The summed E-state index contributed by atoms with van der Waals surface area (Å²) in [4.78, 5) is 11.6. The summed E-state index contributed by atoms with van der Waals surface area (Å²) in [6.45, 7) is 2.48. The molecule has 0 amide bonds. The average molecular weight is 509 g/mol. The van der Waals surface area contributed by atoms with Crippen LogP contribution in [0.2, 0.25) is 0 Å². The van der Waals surface area contributed by atoms with Crippen molar-refractivity contribution in [2.24, 2.45) is 0 Å². The van der Waals surface area contributed by atoms with E-state index in [1.54, 1.807) is 0 Å². The molecule has 6 nitrogen and oxygen atoms in total. The Morgan fingerprint density at radius 2 is 1.11 bits per heavy atom. The van der Waals surface area contributed by atoms with E-state index in [1.165, 1.54) is 6.92 Å². The summed E-state index contributed by atoms with van der Waals surface area (Å²) >= 11 is 4.70. The molecule has 1 fully saturated rings. The van der Waals surface area contributed by atoms with E-state index in [2.05, 4.69) is 0 Å². The molecule has 0 aliphatic carbocycles. The van der Waals surface area contributed by atoms with Gasteiger partial charge in [0.25, 0.3) is 0 Å². The molecule has 1 heterocycles. The van der Waals surface area contributed by atoms with Crippen molar-refractivity contribution in [3.05, 3.63) is 108 Å². The topological polar surface area (TPSA) is 63.2 Å². The van der Waals surface area contributed by atoms with Crippen molar-refractivity contribution in [2.45, 2.75) is 56.6 Å². The lowest BCUT2D eigenvalue weighted by molar-refractivity contribution is -0.252. The molecular weight excluding hydrogens is 476 g/mol. The Kier molecular flexibility index (Phi) is 9.95. The fourth-order valence-corrected chi connectivity index (χ4v) is 4.51. The second kappa shape index (κ2) is 13.6. The summed E-state index contributed by atoms with van der Waals surface area (Å²) in [5, 5.41) is 0. The highest BCUT2D eigenvalue weighted by Crippen LogP contribution is 2.32. The predicted molar refractivity (Wildman–Crippen MR) is 139 cm³/mol. The molecule has 0 spiro atoms. The molecule has 3 aromatic rings. The van der Waals surface area contributed by atoms with Crippen LogP contribution in [0.5, 0.6) is 0 Å². The maximum atomic E-state index is 11.6. The molecule has 190 valence electrons. The van der Waals surface area contributed by atoms with Crippen molar-refractivity contribution in [2.75, 3.05) is 6.61 Å². The molecule has 0 N–H and O–H groups in total. The largest absolute Gasteiger partial charge is 0.463 e. The van der Waals surface area contributed by atoms with Gasteiger partial charge in [-0.05, 0) is 16.7 Å². The first-order valence-electron chi connectivity index (χ1n) is 12.0. The van der Waals surface area contributed by atoms with Crippen LogP contribution < -0.4 is 0 Å². The van der Waals surface area contributed by atoms with Crippen LogP contribution in [0.3, 0.4) is 0 Å². The van der Waals surface area contributed by atoms with Crippen molar-refractivity contribution in [1.29, 1.82) is 0 Å². The normalized spacial score (nSPS) is 23.8. The standard InChI is InChI=1S/C29H32O6S/c1-21(30)31-20-25-26(32-17-22-11-5-2-6-12-22)27(33-18-23-13-7-3-8-14-23)28(29(36)35-25)34-19-24-15-9-4-10-16-24/h2-16,25-29,36H,17-20H2,1H3/t25-,26+,27+,28-,29-/m1/s1. The Hall–Kier alpha value is -2.68. The Labute approximate surface area is 217 Å². The van der Waals surface area contributed by atoms with Crippen LogP contribution in [0.1, 0.15) is 23.6 Å². The monoisotopic (exact) mass is 508 g/mol. The van der Waals surface area contributed by atoms with Crippen LogP contribution >= 0.6 is 12.6 Å². The third-order valence-corrected chi connectivity index (χ3v) is 6.33. The second-order valence-electron chi connectivity index (χ2n) is 8.65. The van der Waals surface area contributed by atoms with E-state index < -0.39 is 29.9 Å². The SMILES string of the molecule is CC(=O)OC[C@H]1O[C@H](S)[C@H](OCc2ccccc2)[C@@H](OCc2ccccc2)[C@H]1OCc1ccccc1. The molecule has 1 saturated heterocycles. The number of benzene rings is 3. The fraction of sp³-hybridized carbons (Fsp3) is 0.345. The van der Waals surface area contributed by atoms with Gasteiger partial charge in [0.1, 0.15) is 36.5 Å². The summed E-state index contributed by atoms with van der Waals surface area (Å²) in [5.74, 6) is -0.389. The Morgan fingerprint density at radius 3 is 1.56 bits per heavy atom. The van der Waals surface area contributed by atoms with Gasteiger partial charge in [0.15, 0.2) is 0 Å². The van der Waals surface area contributed by atoms with Gasteiger partial charge in [-0.2, -0.15) is 0 Å². The fourth-order valence-electron chi connectivity index (χ4n) is 4.10. The van der Waals surface area contributed by atoms with Crippen molar-refractivity contribution in [3.63, 3.8) is 0 Å². The molecular formula is C29H32O6S. The smallest absolute Gasteiger partial charge is 0.302 e. The Bertz CT molecular complexity index is 1050. The number of thiol groups is 1. The maximum absolute atomic E-state index is 11.6. The van der Waals surface area contributed by atoms with Crippen molar-refractivity contribution < 1.29 is 28.5 Å². The van der Waals surface area contributed by atoms with Crippen molar-refractivity contribution in [1.82, 2.24) is 0 Å². The van der Waals surface area contributed by atoms with Crippen molar-refractivity contribution in [3.8, 4) is 0 Å². The first-order chi connectivity index (χ1) is 17.6.